The summed E-state index contributed by atoms with van der Waals surface area (Å²) in [6.45, 7) is 4.16. The lowest BCUT2D eigenvalue weighted by atomic mass is 9.78. The molecule has 0 aromatic rings. The van der Waals surface area contributed by atoms with Crippen molar-refractivity contribution >= 4 is 0 Å². The topological polar surface area (TPSA) is 47.3 Å². The molecule has 3 atom stereocenters. The summed E-state index contributed by atoms with van der Waals surface area (Å²) in [5.74, 6) is 1.75. The van der Waals surface area contributed by atoms with Crippen molar-refractivity contribution < 1.29 is 4.74 Å². The van der Waals surface area contributed by atoms with Crippen molar-refractivity contribution in [3.05, 3.63) is 0 Å². The monoisotopic (exact) mass is 240 g/mol. The van der Waals surface area contributed by atoms with E-state index < -0.39 is 0 Å². The van der Waals surface area contributed by atoms with Gasteiger partial charge in [0.25, 0.3) is 0 Å². The quantitative estimate of drug-likeness (QED) is 0.745. The smallest absolute Gasteiger partial charge is 0.0765 e. The van der Waals surface area contributed by atoms with Crippen LogP contribution in [0.4, 0.5) is 0 Å². The van der Waals surface area contributed by atoms with Crippen molar-refractivity contribution in [2.24, 2.45) is 17.6 Å². The fourth-order valence-electron chi connectivity index (χ4n) is 3.25. The first kappa shape index (κ1) is 13.3. The zero-order chi connectivity index (χ0) is 12.3. The minimum Gasteiger partial charge on any atom is -0.379 e. The van der Waals surface area contributed by atoms with E-state index in [1.807, 2.05) is 7.11 Å². The first-order valence-corrected chi connectivity index (χ1v) is 7.20. The van der Waals surface area contributed by atoms with Crippen LogP contribution in [0.3, 0.4) is 0 Å². The van der Waals surface area contributed by atoms with Crippen LogP contribution in [0.15, 0.2) is 0 Å². The predicted molar refractivity (Wildman–Crippen MR) is 70.9 cm³/mol. The highest BCUT2D eigenvalue weighted by atomic mass is 16.5. The summed E-state index contributed by atoms with van der Waals surface area (Å²) < 4.78 is 5.66. The summed E-state index contributed by atoms with van der Waals surface area (Å²) in [5.41, 5.74) is 6.08. The number of ether oxygens (including phenoxy) is 1. The SMILES string of the molecule is COC1CCCCC1(CN)NCC(C)C1CC1. The van der Waals surface area contributed by atoms with E-state index in [2.05, 4.69) is 12.2 Å². The highest BCUT2D eigenvalue weighted by Crippen LogP contribution is 2.37. The van der Waals surface area contributed by atoms with Crippen molar-refractivity contribution in [1.82, 2.24) is 5.32 Å². The fourth-order valence-corrected chi connectivity index (χ4v) is 3.25. The molecule has 2 saturated carbocycles. The number of methoxy groups -OCH3 is 1. The average molecular weight is 240 g/mol. The number of nitrogens with two attached hydrogens (primary N) is 1. The molecule has 3 heteroatoms. The van der Waals surface area contributed by atoms with Gasteiger partial charge in [0, 0.05) is 13.7 Å². The lowest BCUT2D eigenvalue weighted by Gasteiger charge is -2.44. The molecule has 0 radical (unpaired) electrons. The van der Waals surface area contributed by atoms with Crippen LogP contribution in [0.1, 0.15) is 45.4 Å². The Morgan fingerprint density at radius 3 is 2.71 bits per heavy atom. The average Bonchev–Trinajstić information content (AvgIpc) is 3.20. The zero-order valence-electron chi connectivity index (χ0n) is 11.4. The summed E-state index contributed by atoms with van der Waals surface area (Å²) in [6, 6.07) is 0. The first-order valence-electron chi connectivity index (χ1n) is 7.20. The van der Waals surface area contributed by atoms with E-state index in [0.717, 1.165) is 24.8 Å². The summed E-state index contributed by atoms with van der Waals surface area (Å²) in [5, 5.41) is 3.76. The second-order valence-electron chi connectivity index (χ2n) is 6.03. The first-order chi connectivity index (χ1) is 8.22. The minimum atomic E-state index is 0.0378. The van der Waals surface area contributed by atoms with E-state index >= 15 is 0 Å². The maximum atomic E-state index is 6.04. The molecular weight excluding hydrogens is 212 g/mol. The van der Waals surface area contributed by atoms with Gasteiger partial charge in [-0.2, -0.15) is 0 Å². The molecule has 3 unspecified atom stereocenters. The molecule has 0 aliphatic heterocycles. The fraction of sp³-hybridized carbons (Fsp3) is 1.00. The van der Waals surface area contributed by atoms with Crippen LogP contribution in [0.25, 0.3) is 0 Å². The van der Waals surface area contributed by atoms with E-state index in [-0.39, 0.29) is 5.54 Å². The third kappa shape index (κ3) is 3.01. The van der Waals surface area contributed by atoms with E-state index in [1.54, 1.807) is 0 Å². The Morgan fingerprint density at radius 2 is 2.12 bits per heavy atom. The Morgan fingerprint density at radius 1 is 1.35 bits per heavy atom. The zero-order valence-corrected chi connectivity index (χ0v) is 11.4. The van der Waals surface area contributed by atoms with Gasteiger partial charge in [-0.25, -0.2) is 0 Å². The maximum Gasteiger partial charge on any atom is 0.0765 e. The van der Waals surface area contributed by atoms with E-state index in [1.165, 1.54) is 32.1 Å². The predicted octanol–water partition coefficient (Wildman–Crippen LogP) is 1.91. The molecule has 3 nitrogen and oxygen atoms in total. The van der Waals surface area contributed by atoms with Crippen LogP contribution in [0.2, 0.25) is 0 Å². The molecule has 0 saturated heterocycles. The van der Waals surface area contributed by atoms with Gasteiger partial charge in [0.1, 0.15) is 0 Å². The second-order valence-corrected chi connectivity index (χ2v) is 6.03. The number of nitrogens with one attached hydrogen (secondary N) is 1. The molecule has 0 aromatic heterocycles. The van der Waals surface area contributed by atoms with Crippen LogP contribution in [0.5, 0.6) is 0 Å². The normalized spacial score (nSPS) is 35.8. The highest BCUT2D eigenvalue weighted by Gasteiger charge is 2.40. The molecule has 0 heterocycles. The van der Waals surface area contributed by atoms with Gasteiger partial charge < -0.3 is 15.8 Å². The molecule has 2 aliphatic carbocycles. The summed E-state index contributed by atoms with van der Waals surface area (Å²) >= 11 is 0. The molecule has 100 valence electrons. The van der Waals surface area contributed by atoms with Crippen molar-refractivity contribution in [2.45, 2.75) is 57.1 Å². The van der Waals surface area contributed by atoms with Crippen LogP contribution in [-0.2, 0) is 4.74 Å². The number of hydrogen-bond acceptors (Lipinski definition) is 3. The Bertz CT molecular complexity index is 242. The highest BCUT2D eigenvalue weighted by molar-refractivity contribution is 5.00. The van der Waals surface area contributed by atoms with E-state index in [4.69, 9.17) is 10.5 Å². The standard InChI is InChI=1S/C14H28N2O/c1-11(12-6-7-12)9-16-14(10-15)8-4-3-5-13(14)17-2/h11-13,16H,3-10,15H2,1-2H3. The molecule has 0 amide bonds. The summed E-state index contributed by atoms with van der Waals surface area (Å²) in [7, 11) is 1.83. The Kier molecular flexibility index (Phi) is 4.45. The maximum absolute atomic E-state index is 6.04. The van der Waals surface area contributed by atoms with Crippen LogP contribution < -0.4 is 11.1 Å². The number of hydrogen-bond donors (Lipinski definition) is 2. The lowest BCUT2D eigenvalue weighted by Crippen LogP contribution is -2.62. The molecule has 2 rings (SSSR count). The van der Waals surface area contributed by atoms with Gasteiger partial charge in [-0.05, 0) is 44.1 Å². The van der Waals surface area contributed by atoms with Crippen LogP contribution in [-0.4, -0.2) is 31.8 Å². The van der Waals surface area contributed by atoms with Gasteiger partial charge in [0.15, 0.2) is 0 Å². The van der Waals surface area contributed by atoms with E-state index in [9.17, 15) is 0 Å². The van der Waals surface area contributed by atoms with Crippen molar-refractivity contribution in [2.75, 3.05) is 20.2 Å². The van der Waals surface area contributed by atoms with Crippen molar-refractivity contribution in [3.8, 4) is 0 Å². The van der Waals surface area contributed by atoms with Crippen molar-refractivity contribution in [1.29, 1.82) is 0 Å². The van der Waals surface area contributed by atoms with Gasteiger partial charge in [-0.1, -0.05) is 19.8 Å². The number of rotatable bonds is 6. The third-order valence-corrected chi connectivity index (χ3v) is 4.81. The van der Waals surface area contributed by atoms with Crippen LogP contribution >= 0.6 is 0 Å². The molecule has 2 fully saturated rings. The third-order valence-electron chi connectivity index (χ3n) is 4.81. The van der Waals surface area contributed by atoms with Gasteiger partial charge in [0.05, 0.1) is 11.6 Å². The van der Waals surface area contributed by atoms with Gasteiger partial charge in [0.2, 0.25) is 0 Å². The van der Waals surface area contributed by atoms with Gasteiger partial charge in [-0.15, -0.1) is 0 Å². The second kappa shape index (κ2) is 5.68. The Labute approximate surface area is 105 Å². The van der Waals surface area contributed by atoms with Gasteiger partial charge >= 0.3 is 0 Å². The minimum absolute atomic E-state index is 0.0378. The molecule has 17 heavy (non-hydrogen) atoms. The summed E-state index contributed by atoms with van der Waals surface area (Å²) in [4.78, 5) is 0. The molecule has 0 spiro atoms. The molecule has 0 aromatic carbocycles. The summed E-state index contributed by atoms with van der Waals surface area (Å²) in [6.07, 6.45) is 8.02. The van der Waals surface area contributed by atoms with E-state index in [0.29, 0.717) is 12.6 Å². The van der Waals surface area contributed by atoms with Gasteiger partial charge in [-0.3, -0.25) is 0 Å². The molecular formula is C14H28N2O. The van der Waals surface area contributed by atoms with Crippen molar-refractivity contribution in [3.63, 3.8) is 0 Å². The lowest BCUT2D eigenvalue weighted by molar-refractivity contribution is -0.0101. The van der Waals surface area contributed by atoms with Crippen LogP contribution in [0, 0.1) is 11.8 Å². The largest absolute Gasteiger partial charge is 0.379 e. The molecule has 2 aliphatic rings. The Balaban J connectivity index is 1.91. The molecule has 3 N–H and O–H groups in total. The molecule has 0 bridgehead atoms. The Hall–Kier alpha value is -0.120.